The zero-order valence-corrected chi connectivity index (χ0v) is 16.8. The van der Waals surface area contributed by atoms with Gasteiger partial charge in [0.1, 0.15) is 12.4 Å². The summed E-state index contributed by atoms with van der Waals surface area (Å²) < 4.78 is 5.82. The van der Waals surface area contributed by atoms with Crippen molar-refractivity contribution >= 4 is 17.5 Å². The molecule has 2 aromatic carbocycles. The molecule has 0 spiro atoms. The maximum atomic E-state index is 12.9. The summed E-state index contributed by atoms with van der Waals surface area (Å²) in [5.41, 5.74) is 1.94. The molecule has 0 aliphatic carbocycles. The van der Waals surface area contributed by atoms with Gasteiger partial charge in [0.2, 0.25) is 11.8 Å². The largest absolute Gasteiger partial charge is 0.489 e. The van der Waals surface area contributed by atoms with Gasteiger partial charge in [0.25, 0.3) is 0 Å². The Hall–Kier alpha value is -2.82. The van der Waals surface area contributed by atoms with Crippen molar-refractivity contribution in [1.82, 2.24) is 4.90 Å². The molecule has 2 aromatic rings. The van der Waals surface area contributed by atoms with Crippen LogP contribution in [-0.2, 0) is 16.2 Å². The zero-order valence-electron chi connectivity index (χ0n) is 16.8. The van der Waals surface area contributed by atoms with Crippen LogP contribution in [0.2, 0.25) is 0 Å². The van der Waals surface area contributed by atoms with Crippen LogP contribution >= 0.6 is 0 Å². The first kappa shape index (κ1) is 19.5. The number of hydrogen-bond donors (Lipinski definition) is 0. The Morgan fingerprint density at radius 1 is 0.931 bits per heavy atom. The van der Waals surface area contributed by atoms with Gasteiger partial charge >= 0.3 is 0 Å². The molecule has 2 amide bonds. The van der Waals surface area contributed by atoms with Crippen LogP contribution in [0.1, 0.15) is 37.7 Å². The Balaban J connectivity index is 1.35. The predicted octanol–water partition coefficient (Wildman–Crippen LogP) is 4.02. The second kappa shape index (κ2) is 9.12. The molecule has 152 valence electrons. The van der Waals surface area contributed by atoms with E-state index in [1.54, 1.807) is 4.90 Å². The minimum Gasteiger partial charge on any atom is -0.489 e. The highest BCUT2D eigenvalue weighted by atomic mass is 16.5. The number of rotatable bonds is 5. The van der Waals surface area contributed by atoms with Gasteiger partial charge < -0.3 is 14.5 Å². The molecule has 0 bridgehead atoms. The smallest absolute Gasteiger partial charge is 0.228 e. The molecule has 29 heavy (non-hydrogen) atoms. The molecule has 2 saturated heterocycles. The third kappa shape index (κ3) is 4.78. The first-order valence-electron chi connectivity index (χ1n) is 10.6. The topological polar surface area (TPSA) is 49.9 Å². The lowest BCUT2D eigenvalue weighted by Gasteiger charge is -2.24. The molecule has 0 aromatic heterocycles. The maximum absolute atomic E-state index is 12.9. The lowest BCUT2D eigenvalue weighted by molar-refractivity contribution is -0.135. The number of carbonyl (C=O) groups is 2. The van der Waals surface area contributed by atoms with Crippen molar-refractivity contribution in [2.45, 2.75) is 38.7 Å². The van der Waals surface area contributed by atoms with E-state index in [0.29, 0.717) is 19.6 Å². The van der Waals surface area contributed by atoms with Crippen molar-refractivity contribution < 1.29 is 14.3 Å². The summed E-state index contributed by atoms with van der Waals surface area (Å²) in [5, 5.41) is 0. The van der Waals surface area contributed by atoms with Gasteiger partial charge in [-0.15, -0.1) is 0 Å². The van der Waals surface area contributed by atoms with Crippen LogP contribution in [0.3, 0.4) is 0 Å². The van der Waals surface area contributed by atoms with Gasteiger partial charge in [-0.3, -0.25) is 9.59 Å². The van der Waals surface area contributed by atoms with Gasteiger partial charge in [0, 0.05) is 31.7 Å². The van der Waals surface area contributed by atoms with Gasteiger partial charge in [0.15, 0.2) is 0 Å². The Morgan fingerprint density at radius 3 is 2.31 bits per heavy atom. The van der Waals surface area contributed by atoms with E-state index in [1.165, 1.54) is 12.8 Å². The normalized spacial score (nSPS) is 19.9. The molecule has 0 N–H and O–H groups in total. The van der Waals surface area contributed by atoms with Crippen LogP contribution in [-0.4, -0.2) is 36.3 Å². The van der Waals surface area contributed by atoms with Crippen molar-refractivity contribution in [2.75, 3.05) is 24.5 Å². The van der Waals surface area contributed by atoms with E-state index in [9.17, 15) is 9.59 Å². The maximum Gasteiger partial charge on any atom is 0.228 e. The van der Waals surface area contributed by atoms with E-state index in [1.807, 2.05) is 59.5 Å². The number of hydrogen-bond acceptors (Lipinski definition) is 3. The monoisotopic (exact) mass is 392 g/mol. The fraction of sp³-hybridized carbons (Fsp3) is 0.417. The van der Waals surface area contributed by atoms with Crippen molar-refractivity contribution in [3.8, 4) is 5.75 Å². The van der Waals surface area contributed by atoms with Crippen LogP contribution in [0, 0.1) is 5.92 Å². The number of likely N-dealkylation sites (tertiary alicyclic amines) is 1. The van der Waals surface area contributed by atoms with Crippen LogP contribution in [0.5, 0.6) is 5.75 Å². The average Bonchev–Trinajstić information content (AvgIpc) is 2.96. The molecule has 2 heterocycles. The summed E-state index contributed by atoms with van der Waals surface area (Å²) in [6, 6.07) is 17.6. The summed E-state index contributed by atoms with van der Waals surface area (Å²) >= 11 is 0. The number of carbonyl (C=O) groups excluding carboxylic acids is 2. The van der Waals surface area contributed by atoms with Crippen LogP contribution in [0.25, 0.3) is 0 Å². The summed E-state index contributed by atoms with van der Waals surface area (Å²) in [6.07, 6.45) is 4.83. The van der Waals surface area contributed by atoms with Crippen LogP contribution in [0.15, 0.2) is 54.6 Å². The van der Waals surface area contributed by atoms with Crippen molar-refractivity contribution in [3.05, 3.63) is 60.2 Å². The molecule has 1 atom stereocenters. The van der Waals surface area contributed by atoms with Gasteiger partial charge in [-0.2, -0.15) is 0 Å². The minimum absolute atomic E-state index is 0.0242. The highest BCUT2D eigenvalue weighted by Gasteiger charge is 2.37. The summed E-state index contributed by atoms with van der Waals surface area (Å²) in [7, 11) is 0. The van der Waals surface area contributed by atoms with E-state index in [2.05, 4.69) is 0 Å². The average molecular weight is 392 g/mol. The molecule has 2 aliphatic rings. The fourth-order valence-electron chi connectivity index (χ4n) is 4.14. The molecule has 4 rings (SSSR count). The third-order valence-corrected chi connectivity index (χ3v) is 5.79. The minimum atomic E-state index is -0.227. The predicted molar refractivity (Wildman–Crippen MR) is 113 cm³/mol. The fourth-order valence-corrected chi connectivity index (χ4v) is 4.14. The number of anilines is 1. The van der Waals surface area contributed by atoms with Crippen LogP contribution < -0.4 is 9.64 Å². The lowest BCUT2D eigenvalue weighted by atomic mass is 10.1. The molecule has 0 saturated carbocycles. The Morgan fingerprint density at radius 2 is 1.62 bits per heavy atom. The summed E-state index contributed by atoms with van der Waals surface area (Å²) in [4.78, 5) is 29.1. The number of nitrogens with zero attached hydrogens (tertiary/aromatic N) is 2. The highest BCUT2D eigenvalue weighted by Crippen LogP contribution is 2.28. The highest BCUT2D eigenvalue weighted by molar-refractivity contribution is 6.00. The van der Waals surface area contributed by atoms with E-state index >= 15 is 0 Å². The van der Waals surface area contributed by atoms with Gasteiger partial charge in [0.05, 0.1) is 5.92 Å². The zero-order chi connectivity index (χ0) is 20.1. The van der Waals surface area contributed by atoms with Gasteiger partial charge in [-0.25, -0.2) is 0 Å². The second-order valence-electron chi connectivity index (χ2n) is 7.91. The Labute approximate surface area is 172 Å². The van der Waals surface area contributed by atoms with Gasteiger partial charge in [-0.05, 0) is 42.7 Å². The quantitative estimate of drug-likeness (QED) is 0.772. The molecule has 1 unspecified atom stereocenters. The van der Waals surface area contributed by atoms with Crippen molar-refractivity contribution in [2.24, 2.45) is 5.92 Å². The molecule has 0 radical (unpaired) electrons. The van der Waals surface area contributed by atoms with Gasteiger partial charge in [-0.1, -0.05) is 43.2 Å². The lowest BCUT2D eigenvalue weighted by Crippen LogP contribution is -2.38. The molecule has 2 aliphatic heterocycles. The summed E-state index contributed by atoms with van der Waals surface area (Å²) in [5.74, 6) is 0.706. The summed E-state index contributed by atoms with van der Waals surface area (Å²) in [6.45, 7) is 2.64. The van der Waals surface area contributed by atoms with E-state index in [4.69, 9.17) is 4.74 Å². The molecule has 5 nitrogen and oxygen atoms in total. The SMILES string of the molecule is O=C(C1CC(=O)N(c2ccc(OCc3ccccc3)cc2)C1)N1CCCCCC1. The first-order valence-corrected chi connectivity index (χ1v) is 10.6. The van der Waals surface area contributed by atoms with Crippen LogP contribution in [0.4, 0.5) is 5.69 Å². The molecular formula is C24H28N2O3. The van der Waals surface area contributed by atoms with Crippen molar-refractivity contribution in [1.29, 1.82) is 0 Å². The number of amides is 2. The molecule has 5 heteroatoms. The van der Waals surface area contributed by atoms with E-state index in [-0.39, 0.29) is 17.7 Å². The first-order chi connectivity index (χ1) is 14.2. The number of ether oxygens (including phenoxy) is 1. The number of benzene rings is 2. The van der Waals surface area contributed by atoms with E-state index < -0.39 is 0 Å². The third-order valence-electron chi connectivity index (χ3n) is 5.79. The van der Waals surface area contributed by atoms with E-state index in [0.717, 1.165) is 42.9 Å². The Bertz CT molecular complexity index is 827. The standard InChI is InChI=1S/C24H28N2O3/c27-23-16-20(24(28)25-14-6-1-2-7-15-25)17-26(23)21-10-12-22(13-11-21)29-18-19-8-4-3-5-9-19/h3-5,8-13,20H,1-2,6-7,14-18H2. The second-order valence-corrected chi connectivity index (χ2v) is 7.91. The molecular weight excluding hydrogens is 364 g/mol. The Kier molecular flexibility index (Phi) is 6.13. The molecule has 2 fully saturated rings. The van der Waals surface area contributed by atoms with Crippen molar-refractivity contribution in [3.63, 3.8) is 0 Å².